The standard InChI is InChI=1S/C12H16BrNO3/c1-8(13)7-14-12(15)10-6-9(16-2)4-5-11(10)17-3/h4-6,8H,7H2,1-3H3,(H,14,15). The van der Waals surface area contributed by atoms with Crippen LogP contribution in [0.25, 0.3) is 0 Å². The van der Waals surface area contributed by atoms with E-state index in [2.05, 4.69) is 21.2 Å². The number of hydrogen-bond acceptors (Lipinski definition) is 3. The molecule has 0 fully saturated rings. The van der Waals surface area contributed by atoms with Gasteiger partial charge in [0, 0.05) is 11.4 Å². The molecule has 17 heavy (non-hydrogen) atoms. The summed E-state index contributed by atoms with van der Waals surface area (Å²) in [4.78, 5) is 12.2. The highest BCUT2D eigenvalue weighted by Crippen LogP contribution is 2.23. The Morgan fingerprint density at radius 2 is 2.12 bits per heavy atom. The molecule has 0 aromatic heterocycles. The predicted octanol–water partition coefficient (Wildman–Crippen LogP) is 2.22. The Morgan fingerprint density at radius 3 is 2.65 bits per heavy atom. The second-order valence-corrected chi connectivity index (χ2v) is 5.12. The number of carbonyl (C=O) groups is 1. The summed E-state index contributed by atoms with van der Waals surface area (Å²) in [6.45, 7) is 2.52. The maximum absolute atomic E-state index is 11.9. The first-order chi connectivity index (χ1) is 8.08. The lowest BCUT2D eigenvalue weighted by Gasteiger charge is -2.11. The zero-order valence-corrected chi connectivity index (χ0v) is 11.7. The molecule has 1 rings (SSSR count). The van der Waals surface area contributed by atoms with Crippen molar-refractivity contribution >= 4 is 21.8 Å². The SMILES string of the molecule is COc1ccc(OC)c(C(=O)NCC(C)Br)c1. The molecule has 0 spiro atoms. The summed E-state index contributed by atoms with van der Waals surface area (Å²) in [6.07, 6.45) is 0. The Morgan fingerprint density at radius 1 is 1.41 bits per heavy atom. The summed E-state index contributed by atoms with van der Waals surface area (Å²) in [6, 6.07) is 5.13. The molecule has 0 radical (unpaired) electrons. The van der Waals surface area contributed by atoms with Gasteiger partial charge >= 0.3 is 0 Å². The van der Waals surface area contributed by atoms with Crippen molar-refractivity contribution in [2.45, 2.75) is 11.8 Å². The Labute approximate surface area is 109 Å². The molecular weight excluding hydrogens is 286 g/mol. The number of methoxy groups -OCH3 is 2. The van der Waals surface area contributed by atoms with E-state index >= 15 is 0 Å². The number of hydrogen-bond donors (Lipinski definition) is 1. The Bertz CT molecular complexity index is 393. The third-order valence-electron chi connectivity index (χ3n) is 2.20. The van der Waals surface area contributed by atoms with Gasteiger partial charge in [0.15, 0.2) is 0 Å². The Hall–Kier alpha value is -1.23. The number of benzene rings is 1. The van der Waals surface area contributed by atoms with E-state index < -0.39 is 0 Å². The summed E-state index contributed by atoms with van der Waals surface area (Å²) in [5.41, 5.74) is 0.472. The number of nitrogens with one attached hydrogen (secondary N) is 1. The lowest BCUT2D eigenvalue weighted by molar-refractivity contribution is 0.0951. The van der Waals surface area contributed by atoms with Gasteiger partial charge in [0.25, 0.3) is 5.91 Å². The molecule has 0 aliphatic carbocycles. The number of amides is 1. The minimum atomic E-state index is -0.174. The highest BCUT2D eigenvalue weighted by Gasteiger charge is 2.13. The van der Waals surface area contributed by atoms with Crippen molar-refractivity contribution in [2.24, 2.45) is 0 Å². The van der Waals surface area contributed by atoms with E-state index in [1.807, 2.05) is 6.92 Å². The van der Waals surface area contributed by atoms with Gasteiger partial charge in [-0.1, -0.05) is 22.9 Å². The Kier molecular flexibility index (Phi) is 5.28. The number of rotatable bonds is 5. The van der Waals surface area contributed by atoms with Crippen LogP contribution in [0.1, 0.15) is 17.3 Å². The third-order valence-corrected chi connectivity index (χ3v) is 2.52. The van der Waals surface area contributed by atoms with Gasteiger partial charge in [-0.15, -0.1) is 0 Å². The molecule has 0 aliphatic rings. The number of carbonyl (C=O) groups excluding carboxylic acids is 1. The van der Waals surface area contributed by atoms with Crippen molar-refractivity contribution in [3.8, 4) is 11.5 Å². The van der Waals surface area contributed by atoms with Gasteiger partial charge in [0.2, 0.25) is 0 Å². The fourth-order valence-corrected chi connectivity index (χ4v) is 1.48. The molecule has 4 nitrogen and oxygen atoms in total. The number of halogens is 1. The fourth-order valence-electron chi connectivity index (χ4n) is 1.32. The largest absolute Gasteiger partial charge is 0.497 e. The first-order valence-corrected chi connectivity index (χ1v) is 6.14. The molecule has 0 saturated heterocycles. The van der Waals surface area contributed by atoms with Crippen LogP contribution in [-0.2, 0) is 0 Å². The van der Waals surface area contributed by atoms with E-state index in [0.717, 1.165) is 0 Å². The van der Waals surface area contributed by atoms with E-state index in [1.165, 1.54) is 7.11 Å². The van der Waals surface area contributed by atoms with Crippen LogP contribution in [0.5, 0.6) is 11.5 Å². The summed E-state index contributed by atoms with van der Waals surface area (Å²) in [5, 5.41) is 2.80. The predicted molar refractivity (Wildman–Crippen MR) is 70.3 cm³/mol. The number of ether oxygens (including phenoxy) is 2. The van der Waals surface area contributed by atoms with Crippen molar-refractivity contribution in [3.63, 3.8) is 0 Å². The third kappa shape index (κ3) is 3.93. The van der Waals surface area contributed by atoms with Crippen molar-refractivity contribution in [1.82, 2.24) is 5.32 Å². The molecule has 94 valence electrons. The van der Waals surface area contributed by atoms with Crippen molar-refractivity contribution in [2.75, 3.05) is 20.8 Å². The summed E-state index contributed by atoms with van der Waals surface area (Å²) in [5.74, 6) is 0.986. The van der Waals surface area contributed by atoms with Crippen LogP contribution in [0.4, 0.5) is 0 Å². The second kappa shape index (κ2) is 6.49. The monoisotopic (exact) mass is 301 g/mol. The first kappa shape index (κ1) is 13.8. The molecule has 1 atom stereocenters. The first-order valence-electron chi connectivity index (χ1n) is 5.22. The van der Waals surface area contributed by atoms with Crippen molar-refractivity contribution in [3.05, 3.63) is 23.8 Å². The maximum atomic E-state index is 11.9. The van der Waals surface area contributed by atoms with Crippen LogP contribution >= 0.6 is 15.9 Å². The average molecular weight is 302 g/mol. The zero-order chi connectivity index (χ0) is 12.8. The molecule has 0 bridgehead atoms. The second-order valence-electron chi connectivity index (χ2n) is 3.56. The van der Waals surface area contributed by atoms with E-state index in [4.69, 9.17) is 9.47 Å². The van der Waals surface area contributed by atoms with Crippen molar-refractivity contribution < 1.29 is 14.3 Å². The summed E-state index contributed by atoms with van der Waals surface area (Å²) in [7, 11) is 3.09. The van der Waals surface area contributed by atoms with Gasteiger partial charge < -0.3 is 14.8 Å². The molecule has 0 saturated carbocycles. The van der Waals surface area contributed by atoms with Gasteiger partial charge in [0.1, 0.15) is 11.5 Å². The minimum Gasteiger partial charge on any atom is -0.497 e. The molecule has 0 heterocycles. The molecule has 1 aromatic rings. The van der Waals surface area contributed by atoms with E-state index in [9.17, 15) is 4.79 Å². The minimum absolute atomic E-state index is 0.174. The van der Waals surface area contributed by atoms with Crippen LogP contribution < -0.4 is 14.8 Å². The highest BCUT2D eigenvalue weighted by molar-refractivity contribution is 9.09. The Balaban J connectivity index is 2.89. The van der Waals surface area contributed by atoms with E-state index in [-0.39, 0.29) is 10.7 Å². The topological polar surface area (TPSA) is 47.6 Å². The van der Waals surface area contributed by atoms with Crippen LogP contribution in [0.2, 0.25) is 0 Å². The van der Waals surface area contributed by atoms with Gasteiger partial charge in [-0.3, -0.25) is 4.79 Å². The molecule has 1 unspecified atom stereocenters. The van der Waals surface area contributed by atoms with Gasteiger partial charge in [0.05, 0.1) is 19.8 Å². The highest BCUT2D eigenvalue weighted by atomic mass is 79.9. The van der Waals surface area contributed by atoms with E-state index in [1.54, 1.807) is 25.3 Å². The molecule has 1 amide bonds. The number of alkyl halides is 1. The molecule has 5 heteroatoms. The molecule has 1 N–H and O–H groups in total. The smallest absolute Gasteiger partial charge is 0.255 e. The summed E-state index contributed by atoms with van der Waals surface area (Å²) < 4.78 is 10.2. The van der Waals surface area contributed by atoms with Crippen molar-refractivity contribution in [1.29, 1.82) is 0 Å². The normalized spacial score (nSPS) is 11.8. The summed E-state index contributed by atoms with van der Waals surface area (Å²) >= 11 is 3.37. The average Bonchev–Trinajstić information content (AvgIpc) is 2.34. The van der Waals surface area contributed by atoms with Gasteiger partial charge in [-0.25, -0.2) is 0 Å². The zero-order valence-electron chi connectivity index (χ0n) is 10.1. The van der Waals surface area contributed by atoms with Crippen LogP contribution in [-0.4, -0.2) is 31.5 Å². The lowest BCUT2D eigenvalue weighted by Crippen LogP contribution is -2.28. The molecule has 0 aliphatic heterocycles. The lowest BCUT2D eigenvalue weighted by atomic mass is 10.1. The maximum Gasteiger partial charge on any atom is 0.255 e. The van der Waals surface area contributed by atoms with Gasteiger partial charge in [-0.05, 0) is 18.2 Å². The quantitative estimate of drug-likeness (QED) is 0.848. The van der Waals surface area contributed by atoms with E-state index in [0.29, 0.717) is 23.6 Å². The molecular formula is C12H16BrNO3. The van der Waals surface area contributed by atoms with Crippen LogP contribution in [0.3, 0.4) is 0 Å². The van der Waals surface area contributed by atoms with Crippen LogP contribution in [0.15, 0.2) is 18.2 Å². The molecule has 1 aromatic carbocycles. The van der Waals surface area contributed by atoms with Crippen LogP contribution in [0, 0.1) is 0 Å². The van der Waals surface area contributed by atoms with Gasteiger partial charge in [-0.2, -0.15) is 0 Å². The fraction of sp³-hybridized carbons (Fsp3) is 0.417.